The van der Waals surface area contributed by atoms with Gasteiger partial charge in [-0.2, -0.15) is 0 Å². The summed E-state index contributed by atoms with van der Waals surface area (Å²) in [4.78, 5) is 10.5. The first kappa shape index (κ1) is 16.5. The highest BCUT2D eigenvalue weighted by Crippen LogP contribution is 2.29. The average molecular weight is 334 g/mol. The van der Waals surface area contributed by atoms with Crippen LogP contribution in [0.3, 0.4) is 0 Å². The fourth-order valence-corrected chi connectivity index (χ4v) is 2.60. The molecule has 1 fully saturated rings. The van der Waals surface area contributed by atoms with Gasteiger partial charge in [-0.15, -0.1) is 0 Å². The molecule has 2 atom stereocenters. The number of carboxylic acid groups (broad SMARTS) is 1. The first-order chi connectivity index (χ1) is 10.1. The van der Waals surface area contributed by atoms with Gasteiger partial charge in [0.05, 0.1) is 29.4 Å². The van der Waals surface area contributed by atoms with E-state index in [1.807, 2.05) is 12.1 Å². The van der Waals surface area contributed by atoms with Gasteiger partial charge in [0, 0.05) is 19.0 Å². The van der Waals surface area contributed by atoms with Crippen LogP contribution in [0.5, 0.6) is 0 Å². The molecule has 116 valence electrons. The Balaban J connectivity index is 2.10. The Morgan fingerprint density at radius 3 is 2.95 bits per heavy atom. The molecule has 21 heavy (non-hydrogen) atoms. The van der Waals surface area contributed by atoms with E-state index in [4.69, 9.17) is 37.8 Å². The van der Waals surface area contributed by atoms with Gasteiger partial charge in [-0.1, -0.05) is 29.3 Å². The van der Waals surface area contributed by atoms with Gasteiger partial charge >= 0.3 is 5.97 Å². The summed E-state index contributed by atoms with van der Waals surface area (Å²) in [5.74, 6) is -0.969. The zero-order valence-corrected chi connectivity index (χ0v) is 12.9. The van der Waals surface area contributed by atoms with Crippen molar-refractivity contribution in [1.29, 1.82) is 0 Å². The molecule has 0 aromatic heterocycles. The smallest absolute Gasteiger partial charge is 0.329 e. The zero-order valence-electron chi connectivity index (χ0n) is 11.4. The molecule has 0 spiro atoms. The van der Waals surface area contributed by atoms with Crippen LogP contribution in [-0.4, -0.2) is 50.1 Å². The third-order valence-electron chi connectivity index (χ3n) is 3.30. The number of aliphatic carboxylic acids is 1. The van der Waals surface area contributed by atoms with Gasteiger partial charge in [0.25, 0.3) is 0 Å². The molecule has 2 N–H and O–H groups in total. The van der Waals surface area contributed by atoms with E-state index < -0.39 is 5.97 Å². The van der Waals surface area contributed by atoms with Crippen LogP contribution in [-0.2, 0) is 14.3 Å². The average Bonchev–Trinajstić information content (AvgIpc) is 2.67. The topological polar surface area (TPSA) is 67.8 Å². The second kappa shape index (κ2) is 7.96. The first-order valence-corrected chi connectivity index (χ1v) is 7.40. The molecule has 1 heterocycles. The van der Waals surface area contributed by atoms with Crippen molar-refractivity contribution >= 4 is 29.2 Å². The van der Waals surface area contributed by atoms with E-state index in [-0.39, 0.29) is 25.2 Å². The summed E-state index contributed by atoms with van der Waals surface area (Å²) in [6.45, 7) is 1.89. The molecule has 7 heteroatoms. The van der Waals surface area contributed by atoms with E-state index in [1.54, 1.807) is 6.07 Å². The van der Waals surface area contributed by atoms with Crippen LogP contribution in [0.4, 0.5) is 0 Å². The molecule has 0 aliphatic carbocycles. The SMILES string of the molecule is O=C(O)COC[C@H]1OCCNC[C@@H]1c1ccc(Cl)c(Cl)c1. The van der Waals surface area contributed by atoms with Crippen molar-refractivity contribution in [2.24, 2.45) is 0 Å². The highest BCUT2D eigenvalue weighted by molar-refractivity contribution is 6.42. The Bertz CT molecular complexity index is 498. The fourth-order valence-electron chi connectivity index (χ4n) is 2.29. The largest absolute Gasteiger partial charge is 0.480 e. The summed E-state index contributed by atoms with van der Waals surface area (Å²) >= 11 is 12.0. The van der Waals surface area contributed by atoms with E-state index in [1.165, 1.54) is 0 Å². The lowest BCUT2D eigenvalue weighted by molar-refractivity contribution is -0.143. The van der Waals surface area contributed by atoms with Crippen LogP contribution in [0.1, 0.15) is 11.5 Å². The van der Waals surface area contributed by atoms with Crippen LogP contribution >= 0.6 is 23.2 Å². The van der Waals surface area contributed by atoms with E-state index in [2.05, 4.69) is 5.32 Å². The minimum Gasteiger partial charge on any atom is -0.480 e. The van der Waals surface area contributed by atoms with Gasteiger partial charge in [0.15, 0.2) is 0 Å². The van der Waals surface area contributed by atoms with Gasteiger partial charge in [-0.05, 0) is 17.7 Å². The second-order valence-electron chi connectivity index (χ2n) is 4.80. The van der Waals surface area contributed by atoms with Gasteiger partial charge in [-0.3, -0.25) is 0 Å². The van der Waals surface area contributed by atoms with Crippen LogP contribution < -0.4 is 5.32 Å². The Morgan fingerprint density at radius 2 is 2.24 bits per heavy atom. The molecule has 5 nitrogen and oxygen atoms in total. The number of rotatable bonds is 5. The van der Waals surface area contributed by atoms with Crippen molar-refractivity contribution < 1.29 is 19.4 Å². The number of carbonyl (C=O) groups is 1. The van der Waals surface area contributed by atoms with Crippen molar-refractivity contribution in [2.45, 2.75) is 12.0 Å². The quantitative estimate of drug-likeness (QED) is 0.864. The number of hydrogen-bond donors (Lipinski definition) is 2. The van der Waals surface area contributed by atoms with E-state index >= 15 is 0 Å². The molecule has 0 saturated carbocycles. The lowest BCUT2D eigenvalue weighted by atomic mass is 9.93. The Hall–Kier alpha value is -0.850. The Kier molecular flexibility index (Phi) is 6.26. The summed E-state index contributed by atoms with van der Waals surface area (Å²) in [6, 6.07) is 5.47. The van der Waals surface area contributed by atoms with Crippen molar-refractivity contribution in [2.75, 3.05) is 32.9 Å². The maximum absolute atomic E-state index is 10.5. The molecule has 2 rings (SSSR count). The molecule has 0 bridgehead atoms. The minimum atomic E-state index is -0.993. The monoisotopic (exact) mass is 333 g/mol. The number of halogens is 2. The number of nitrogens with one attached hydrogen (secondary N) is 1. The molecule has 1 aliphatic rings. The van der Waals surface area contributed by atoms with E-state index in [0.717, 1.165) is 12.1 Å². The number of benzene rings is 1. The summed E-state index contributed by atoms with van der Waals surface area (Å²) in [5.41, 5.74) is 0.989. The lowest BCUT2D eigenvalue weighted by Crippen LogP contribution is -2.31. The third-order valence-corrected chi connectivity index (χ3v) is 4.04. The van der Waals surface area contributed by atoms with Crippen molar-refractivity contribution in [3.8, 4) is 0 Å². The molecule has 1 aliphatic heterocycles. The first-order valence-electron chi connectivity index (χ1n) is 6.64. The van der Waals surface area contributed by atoms with Crippen LogP contribution in [0, 0.1) is 0 Å². The molecule has 0 unspecified atom stereocenters. The Morgan fingerprint density at radius 1 is 1.43 bits per heavy atom. The van der Waals surface area contributed by atoms with Gasteiger partial charge in [0.2, 0.25) is 0 Å². The summed E-state index contributed by atoms with van der Waals surface area (Å²) in [7, 11) is 0. The number of hydrogen-bond acceptors (Lipinski definition) is 4. The van der Waals surface area contributed by atoms with Gasteiger partial charge in [0.1, 0.15) is 6.61 Å². The highest BCUT2D eigenvalue weighted by atomic mass is 35.5. The summed E-state index contributed by atoms with van der Waals surface area (Å²) < 4.78 is 10.9. The summed E-state index contributed by atoms with van der Waals surface area (Å²) in [5, 5.41) is 12.9. The minimum absolute atomic E-state index is 0.0241. The van der Waals surface area contributed by atoms with Crippen molar-refractivity contribution in [3.05, 3.63) is 33.8 Å². The van der Waals surface area contributed by atoms with Gasteiger partial charge in [-0.25, -0.2) is 4.79 Å². The van der Waals surface area contributed by atoms with Crippen LogP contribution in [0.2, 0.25) is 10.0 Å². The fraction of sp³-hybridized carbons (Fsp3) is 0.500. The second-order valence-corrected chi connectivity index (χ2v) is 5.62. The predicted molar refractivity (Wildman–Crippen MR) is 80.3 cm³/mol. The highest BCUT2D eigenvalue weighted by Gasteiger charge is 2.27. The standard InChI is InChI=1S/C14H17Cl2NO4/c15-11-2-1-9(5-12(11)16)10-6-17-3-4-21-13(10)7-20-8-14(18)19/h1-2,5,10,13,17H,3-4,6-8H2,(H,18,19)/t10-,13-/m1/s1. The maximum Gasteiger partial charge on any atom is 0.329 e. The predicted octanol–water partition coefficient (Wildman–Crippen LogP) is 2.17. The molecular weight excluding hydrogens is 317 g/mol. The molecule has 0 amide bonds. The summed E-state index contributed by atoms with van der Waals surface area (Å²) in [6.07, 6.45) is -0.225. The zero-order chi connectivity index (χ0) is 15.2. The van der Waals surface area contributed by atoms with Crippen molar-refractivity contribution in [3.63, 3.8) is 0 Å². The van der Waals surface area contributed by atoms with Crippen molar-refractivity contribution in [1.82, 2.24) is 5.32 Å². The van der Waals surface area contributed by atoms with E-state index in [9.17, 15) is 4.79 Å². The molecule has 1 aromatic rings. The normalized spacial score (nSPS) is 22.8. The number of carboxylic acids is 1. The van der Waals surface area contributed by atoms with Crippen LogP contribution in [0.15, 0.2) is 18.2 Å². The molecular formula is C14H17Cl2NO4. The number of ether oxygens (including phenoxy) is 2. The Labute approximate surface area is 133 Å². The van der Waals surface area contributed by atoms with Crippen LogP contribution in [0.25, 0.3) is 0 Å². The lowest BCUT2D eigenvalue weighted by Gasteiger charge is -2.25. The van der Waals surface area contributed by atoms with E-state index in [0.29, 0.717) is 23.2 Å². The van der Waals surface area contributed by atoms with Gasteiger partial charge < -0.3 is 19.9 Å². The maximum atomic E-state index is 10.5. The molecule has 1 saturated heterocycles. The molecule has 0 radical (unpaired) electrons. The third kappa shape index (κ3) is 4.83. The molecule has 1 aromatic carbocycles.